The third-order valence-corrected chi connectivity index (χ3v) is 5.17. The van der Waals surface area contributed by atoms with Crippen LogP contribution in [0.1, 0.15) is 29.2 Å². The highest BCUT2D eigenvalue weighted by molar-refractivity contribution is 14.1. The molecule has 2 heterocycles. The average Bonchev–Trinajstić information content (AvgIpc) is 3.07. The monoisotopic (exact) mass is 477 g/mol. The maximum absolute atomic E-state index is 11.4. The normalized spacial score (nSPS) is 18.7. The highest BCUT2D eigenvalue weighted by atomic mass is 127. The molecule has 0 saturated heterocycles. The van der Waals surface area contributed by atoms with Gasteiger partial charge in [0.15, 0.2) is 5.82 Å². The Bertz CT molecular complexity index is 1000. The number of halogens is 1. The number of hydrogen-bond acceptors (Lipinski definition) is 6. The molecule has 0 atom stereocenters. The predicted octanol–water partition coefficient (Wildman–Crippen LogP) is 3.01. The summed E-state index contributed by atoms with van der Waals surface area (Å²) in [7, 11) is 0. The minimum atomic E-state index is -0.992. The predicted molar refractivity (Wildman–Crippen MR) is 106 cm³/mol. The lowest BCUT2D eigenvalue weighted by atomic mass is 9.88. The Morgan fingerprint density at radius 2 is 2.11 bits per heavy atom. The van der Waals surface area contributed by atoms with E-state index in [1.54, 1.807) is 24.5 Å². The summed E-state index contributed by atoms with van der Waals surface area (Å²) in [5, 5.41) is 17.5. The van der Waals surface area contributed by atoms with E-state index in [1.807, 2.05) is 22.8 Å². The van der Waals surface area contributed by atoms with Gasteiger partial charge in [-0.1, -0.05) is 6.07 Å². The second-order valence-electron chi connectivity index (χ2n) is 6.32. The number of nitrogen functional groups attached to an aromatic ring is 1. The fraction of sp³-hybridized carbons (Fsp3) is 0.222. The second-order valence-corrected chi connectivity index (χ2v) is 7.57. The van der Waals surface area contributed by atoms with Crippen LogP contribution in [0.4, 0.5) is 5.82 Å². The van der Waals surface area contributed by atoms with Crippen LogP contribution in [-0.2, 0) is 0 Å². The van der Waals surface area contributed by atoms with Gasteiger partial charge in [-0.2, -0.15) is 0 Å². The summed E-state index contributed by atoms with van der Waals surface area (Å²) >= 11 is 2.08. The lowest BCUT2D eigenvalue weighted by molar-refractivity contribution is 0.0618. The molecule has 1 fully saturated rings. The van der Waals surface area contributed by atoms with Crippen LogP contribution in [0.2, 0.25) is 0 Å². The van der Waals surface area contributed by atoms with Crippen molar-refractivity contribution in [2.45, 2.75) is 25.0 Å². The Kier molecular flexibility index (Phi) is 4.68. The van der Waals surface area contributed by atoms with Crippen LogP contribution in [0.3, 0.4) is 0 Å². The van der Waals surface area contributed by atoms with Gasteiger partial charge in [-0.15, -0.1) is 10.2 Å². The van der Waals surface area contributed by atoms with E-state index in [0.717, 1.165) is 16.4 Å². The summed E-state index contributed by atoms with van der Waals surface area (Å²) in [6.45, 7) is 0. The molecule has 0 amide bonds. The molecule has 0 unspecified atom stereocenters. The number of nitrogens with two attached hydrogens (primary N) is 1. The molecule has 3 aromatic rings. The molecule has 1 aliphatic carbocycles. The molecule has 9 heteroatoms. The van der Waals surface area contributed by atoms with E-state index >= 15 is 0 Å². The fourth-order valence-electron chi connectivity index (χ4n) is 3.08. The Morgan fingerprint density at radius 3 is 2.85 bits per heavy atom. The quantitative estimate of drug-likeness (QED) is 0.543. The maximum Gasteiger partial charge on any atom is 0.339 e. The number of rotatable bonds is 5. The fourth-order valence-corrected chi connectivity index (χ4v) is 3.57. The number of nitrogens with zero attached hydrogens (tertiary/aromatic N) is 4. The number of ether oxygens (including phenoxy) is 1. The van der Waals surface area contributed by atoms with Gasteiger partial charge in [0.25, 0.3) is 0 Å². The van der Waals surface area contributed by atoms with Crippen molar-refractivity contribution in [3.63, 3.8) is 0 Å². The van der Waals surface area contributed by atoms with Crippen molar-refractivity contribution in [1.82, 2.24) is 19.7 Å². The molecule has 1 aromatic carbocycles. The number of carboxylic acids is 1. The number of benzene rings is 1. The minimum Gasteiger partial charge on any atom is -0.489 e. The molecule has 0 bridgehead atoms. The van der Waals surface area contributed by atoms with Gasteiger partial charge < -0.3 is 20.1 Å². The van der Waals surface area contributed by atoms with Crippen LogP contribution in [0.15, 0.2) is 42.7 Å². The largest absolute Gasteiger partial charge is 0.489 e. The zero-order valence-corrected chi connectivity index (χ0v) is 16.3. The van der Waals surface area contributed by atoms with Gasteiger partial charge in [0.1, 0.15) is 35.3 Å². The van der Waals surface area contributed by atoms with Crippen LogP contribution in [-0.4, -0.2) is 36.9 Å². The van der Waals surface area contributed by atoms with E-state index in [-0.39, 0.29) is 17.7 Å². The molecule has 1 saturated carbocycles. The summed E-state index contributed by atoms with van der Waals surface area (Å²) in [5.74, 6) is 0.490. The number of carbonyl (C=O) groups is 1. The highest BCUT2D eigenvalue weighted by Crippen LogP contribution is 2.38. The van der Waals surface area contributed by atoms with Crippen LogP contribution < -0.4 is 10.5 Å². The van der Waals surface area contributed by atoms with Crippen LogP contribution in [0.5, 0.6) is 5.75 Å². The zero-order valence-electron chi connectivity index (χ0n) is 14.1. The zero-order chi connectivity index (χ0) is 19.0. The molecule has 4 rings (SSSR count). The molecule has 8 nitrogen and oxygen atoms in total. The van der Waals surface area contributed by atoms with E-state index in [2.05, 4.69) is 37.8 Å². The number of anilines is 1. The van der Waals surface area contributed by atoms with E-state index < -0.39 is 5.97 Å². The molecule has 3 N–H and O–H groups in total. The van der Waals surface area contributed by atoms with Crippen molar-refractivity contribution in [3.8, 4) is 17.3 Å². The minimum absolute atomic E-state index is 0.0581. The first-order valence-corrected chi connectivity index (χ1v) is 9.41. The number of aromatic carboxylic acids is 1. The number of carboxylic acid groups (broad SMARTS) is 1. The van der Waals surface area contributed by atoms with Gasteiger partial charge in [0.05, 0.1) is 0 Å². The first-order chi connectivity index (χ1) is 13.0. The molecule has 1 aliphatic rings. The lowest BCUT2D eigenvalue weighted by Crippen LogP contribution is -2.36. The van der Waals surface area contributed by atoms with Crippen LogP contribution in [0.25, 0.3) is 11.5 Å². The molecule has 0 aliphatic heterocycles. The van der Waals surface area contributed by atoms with Gasteiger partial charge in [-0.3, -0.25) is 0 Å². The summed E-state index contributed by atoms with van der Waals surface area (Å²) in [4.78, 5) is 15.7. The topological polar surface area (TPSA) is 116 Å². The van der Waals surface area contributed by atoms with Crippen molar-refractivity contribution in [2.75, 3.05) is 5.73 Å². The molecular weight excluding hydrogens is 461 g/mol. The summed E-state index contributed by atoms with van der Waals surface area (Å²) in [6, 6.07) is 10.7. The number of hydrogen-bond donors (Lipinski definition) is 2. The Hall–Kier alpha value is -2.69. The molecular formula is C18H16IN5O3. The van der Waals surface area contributed by atoms with Crippen molar-refractivity contribution >= 4 is 34.4 Å². The first-order valence-electron chi connectivity index (χ1n) is 8.33. The Balaban J connectivity index is 1.47. The van der Waals surface area contributed by atoms with Crippen molar-refractivity contribution in [2.24, 2.45) is 0 Å². The van der Waals surface area contributed by atoms with E-state index in [4.69, 9.17) is 10.5 Å². The standard InChI is InChI=1S/C18H16IN5O3/c19-10-4-5-15(13(6-10)18(25)26)27-12-7-11(8-12)24-9-21-23-17(24)14-2-1-3-16(20)22-14/h1-6,9,11-12H,7-8H2,(H2,20,22)(H,25,26)/t11-,12+. The maximum atomic E-state index is 11.4. The van der Waals surface area contributed by atoms with E-state index in [9.17, 15) is 9.90 Å². The van der Waals surface area contributed by atoms with Gasteiger partial charge in [0.2, 0.25) is 0 Å². The summed E-state index contributed by atoms with van der Waals surface area (Å²) in [6.07, 6.45) is 3.09. The third kappa shape index (κ3) is 3.59. The third-order valence-electron chi connectivity index (χ3n) is 4.50. The van der Waals surface area contributed by atoms with Crippen molar-refractivity contribution in [3.05, 3.63) is 51.9 Å². The van der Waals surface area contributed by atoms with Gasteiger partial charge >= 0.3 is 5.97 Å². The molecule has 0 spiro atoms. The first kappa shape index (κ1) is 17.7. The second kappa shape index (κ2) is 7.14. The highest BCUT2D eigenvalue weighted by Gasteiger charge is 2.34. The smallest absolute Gasteiger partial charge is 0.339 e. The van der Waals surface area contributed by atoms with E-state index in [1.165, 1.54) is 0 Å². The lowest BCUT2D eigenvalue weighted by Gasteiger charge is -2.36. The molecule has 27 heavy (non-hydrogen) atoms. The van der Waals surface area contributed by atoms with Gasteiger partial charge in [-0.25, -0.2) is 9.78 Å². The Morgan fingerprint density at radius 1 is 1.30 bits per heavy atom. The van der Waals surface area contributed by atoms with Gasteiger partial charge in [-0.05, 0) is 52.9 Å². The average molecular weight is 477 g/mol. The van der Waals surface area contributed by atoms with Crippen molar-refractivity contribution < 1.29 is 14.6 Å². The Labute approximate surface area is 168 Å². The number of aromatic nitrogens is 4. The van der Waals surface area contributed by atoms with E-state index in [0.29, 0.717) is 23.1 Å². The van der Waals surface area contributed by atoms with Crippen LogP contribution >= 0.6 is 22.6 Å². The molecule has 2 aromatic heterocycles. The molecule has 138 valence electrons. The summed E-state index contributed by atoms with van der Waals surface area (Å²) in [5.41, 5.74) is 6.61. The summed E-state index contributed by atoms with van der Waals surface area (Å²) < 4.78 is 8.74. The number of pyridine rings is 1. The van der Waals surface area contributed by atoms with Gasteiger partial charge in [0, 0.05) is 22.5 Å². The SMILES string of the molecule is Nc1cccc(-c2nncn2[C@H]2C[C@@H](Oc3ccc(I)cc3C(=O)O)C2)n1. The molecule has 0 radical (unpaired) electrons. The van der Waals surface area contributed by atoms with Crippen LogP contribution in [0, 0.1) is 3.57 Å². The van der Waals surface area contributed by atoms with Crippen molar-refractivity contribution in [1.29, 1.82) is 0 Å².